The van der Waals surface area contributed by atoms with Crippen LogP contribution in [0, 0.1) is 18.3 Å². The van der Waals surface area contributed by atoms with Gasteiger partial charge in [0.25, 0.3) is 0 Å². The van der Waals surface area contributed by atoms with Gasteiger partial charge in [0, 0.05) is 5.57 Å². The summed E-state index contributed by atoms with van der Waals surface area (Å²) in [6, 6.07) is 8.39. The Morgan fingerprint density at radius 2 is 2.27 bits per heavy atom. The van der Waals surface area contributed by atoms with Gasteiger partial charge in [-0.1, -0.05) is 43.1 Å². The number of rotatable bonds is 3. The molecular formula is C13H14BN. The van der Waals surface area contributed by atoms with Gasteiger partial charge in [0.2, 0.25) is 0 Å². The Morgan fingerprint density at radius 1 is 1.53 bits per heavy atom. The van der Waals surface area contributed by atoms with Gasteiger partial charge in [-0.2, -0.15) is 5.26 Å². The average Bonchev–Trinajstić information content (AvgIpc) is 2.27. The van der Waals surface area contributed by atoms with Crippen LogP contribution in [0.15, 0.2) is 36.4 Å². The van der Waals surface area contributed by atoms with Gasteiger partial charge >= 0.3 is 0 Å². The molecule has 0 saturated carbocycles. The van der Waals surface area contributed by atoms with Crippen LogP contribution in [0.25, 0.3) is 6.08 Å². The minimum atomic E-state index is 0.483. The second kappa shape index (κ2) is 5.21. The first-order valence-corrected chi connectivity index (χ1v) is 5.04. The van der Waals surface area contributed by atoms with Crippen LogP contribution in [0.2, 0.25) is 6.82 Å². The molecule has 0 heterocycles. The number of aryl methyl sites for hydroxylation is 1. The van der Waals surface area contributed by atoms with Gasteiger partial charge in [0.15, 0.2) is 7.28 Å². The minimum absolute atomic E-state index is 0.483. The molecule has 0 amide bonds. The molecule has 0 saturated heterocycles. The highest BCUT2D eigenvalue weighted by molar-refractivity contribution is 6.51. The maximum atomic E-state index is 8.58. The van der Waals surface area contributed by atoms with E-state index >= 15 is 0 Å². The molecule has 74 valence electrons. The van der Waals surface area contributed by atoms with E-state index in [1.165, 1.54) is 11.0 Å². The van der Waals surface area contributed by atoms with E-state index in [0.717, 1.165) is 12.8 Å². The quantitative estimate of drug-likeness (QED) is 0.412. The molecule has 0 unspecified atom stereocenters. The Hall–Kier alpha value is -1.75. The van der Waals surface area contributed by atoms with E-state index in [9.17, 15) is 0 Å². The fourth-order valence-electron chi connectivity index (χ4n) is 1.32. The predicted molar refractivity (Wildman–Crippen MR) is 67.6 cm³/mol. The summed E-state index contributed by atoms with van der Waals surface area (Å²) >= 11 is 0. The lowest BCUT2D eigenvalue weighted by Gasteiger charge is -2.02. The van der Waals surface area contributed by atoms with Crippen molar-refractivity contribution in [3.63, 3.8) is 0 Å². The zero-order chi connectivity index (χ0) is 11.3. The van der Waals surface area contributed by atoms with Crippen LogP contribution in [0.4, 0.5) is 0 Å². The van der Waals surface area contributed by atoms with Crippen LogP contribution < -0.4 is 5.46 Å². The first kappa shape index (κ1) is 11.3. The summed E-state index contributed by atoms with van der Waals surface area (Å²) in [7, 11) is 1.03. The first-order chi connectivity index (χ1) is 7.17. The molecule has 0 atom stereocenters. The average molecular weight is 195 g/mol. The number of nitrogens with zero attached hydrogens (tertiary/aromatic N) is 1. The molecule has 0 bridgehead atoms. The third-order valence-corrected chi connectivity index (χ3v) is 2.36. The number of hydrogen-bond donors (Lipinski definition) is 0. The van der Waals surface area contributed by atoms with E-state index in [4.69, 9.17) is 5.26 Å². The zero-order valence-corrected chi connectivity index (χ0v) is 9.25. The van der Waals surface area contributed by atoms with E-state index in [-0.39, 0.29) is 0 Å². The summed E-state index contributed by atoms with van der Waals surface area (Å²) in [5.74, 6) is 0. The number of hydrogen-bond acceptors (Lipinski definition) is 1. The predicted octanol–water partition coefficient (Wildman–Crippen LogP) is 2.20. The zero-order valence-electron chi connectivity index (χ0n) is 9.25. The molecule has 0 spiro atoms. The molecule has 0 radical (unpaired) electrons. The Kier molecular flexibility index (Phi) is 3.94. The first-order valence-electron chi connectivity index (χ1n) is 5.04. The van der Waals surface area contributed by atoms with Gasteiger partial charge in [-0.15, -0.1) is 0 Å². The lowest BCUT2D eigenvalue weighted by molar-refractivity contribution is 1.45. The fourth-order valence-corrected chi connectivity index (χ4v) is 1.32. The summed E-state index contributed by atoms with van der Waals surface area (Å²) in [5, 5.41) is 8.58. The lowest BCUT2D eigenvalue weighted by atomic mass is 9.72. The SMILES string of the molecule is C=C(C#N)/C=C\c1cc(BC)ccc1C. The Labute approximate surface area is 92.0 Å². The van der Waals surface area contributed by atoms with Crippen molar-refractivity contribution in [2.24, 2.45) is 0 Å². The summed E-state index contributed by atoms with van der Waals surface area (Å²) in [4.78, 5) is 0. The smallest absolute Gasteiger partial charge is 0.154 e. The van der Waals surface area contributed by atoms with Gasteiger partial charge in [0.1, 0.15) is 0 Å². The van der Waals surface area contributed by atoms with Gasteiger partial charge in [-0.05, 0) is 24.1 Å². The molecule has 0 aliphatic carbocycles. The maximum Gasteiger partial charge on any atom is 0.154 e. The number of allylic oxidation sites excluding steroid dienone is 2. The second-order valence-corrected chi connectivity index (χ2v) is 3.51. The normalized spacial score (nSPS) is 9.93. The van der Waals surface area contributed by atoms with Crippen molar-refractivity contribution in [2.75, 3.05) is 0 Å². The van der Waals surface area contributed by atoms with Gasteiger partial charge in [-0.25, -0.2) is 0 Å². The van der Waals surface area contributed by atoms with Crippen molar-refractivity contribution in [1.29, 1.82) is 5.26 Å². The van der Waals surface area contributed by atoms with Crippen LogP contribution in [0.1, 0.15) is 11.1 Å². The highest BCUT2D eigenvalue weighted by Crippen LogP contribution is 2.08. The molecule has 0 fully saturated rings. The Balaban J connectivity index is 2.99. The summed E-state index contributed by atoms with van der Waals surface area (Å²) in [6.07, 6.45) is 3.70. The van der Waals surface area contributed by atoms with E-state index in [0.29, 0.717) is 5.57 Å². The van der Waals surface area contributed by atoms with E-state index in [1.807, 2.05) is 12.1 Å². The Morgan fingerprint density at radius 3 is 2.87 bits per heavy atom. The molecule has 1 rings (SSSR count). The van der Waals surface area contributed by atoms with Crippen molar-refractivity contribution in [3.8, 4) is 6.07 Å². The molecule has 2 heteroatoms. The van der Waals surface area contributed by atoms with Crippen molar-refractivity contribution >= 4 is 18.8 Å². The fraction of sp³-hybridized carbons (Fsp3) is 0.154. The standard InChI is InChI=1S/C13H14BN/c1-10(9-15)4-6-12-8-13(14-3)7-5-11(12)2/h4-8,14H,1H2,2-3H3/b6-4-. The van der Waals surface area contributed by atoms with Crippen LogP contribution in [-0.2, 0) is 0 Å². The minimum Gasteiger partial charge on any atom is -0.192 e. The molecular weight excluding hydrogens is 181 g/mol. The third kappa shape index (κ3) is 3.14. The maximum absolute atomic E-state index is 8.58. The van der Waals surface area contributed by atoms with E-state index in [1.54, 1.807) is 6.08 Å². The monoisotopic (exact) mass is 195 g/mol. The molecule has 0 aliphatic heterocycles. The van der Waals surface area contributed by atoms with Crippen molar-refractivity contribution in [1.82, 2.24) is 0 Å². The van der Waals surface area contributed by atoms with Gasteiger partial charge in [-0.3, -0.25) is 0 Å². The lowest BCUT2D eigenvalue weighted by Crippen LogP contribution is -2.10. The van der Waals surface area contributed by atoms with Gasteiger partial charge in [0.05, 0.1) is 6.07 Å². The highest BCUT2D eigenvalue weighted by Gasteiger charge is 1.96. The third-order valence-electron chi connectivity index (χ3n) is 2.36. The van der Waals surface area contributed by atoms with Crippen LogP contribution in [-0.4, -0.2) is 7.28 Å². The number of benzene rings is 1. The molecule has 0 N–H and O–H groups in total. The van der Waals surface area contributed by atoms with Crippen molar-refractivity contribution in [2.45, 2.75) is 13.7 Å². The molecule has 1 nitrogen and oxygen atoms in total. The summed E-state index contributed by atoms with van der Waals surface area (Å²) < 4.78 is 0. The molecule has 0 aromatic heterocycles. The van der Waals surface area contributed by atoms with Gasteiger partial charge < -0.3 is 0 Å². The molecule has 15 heavy (non-hydrogen) atoms. The van der Waals surface area contributed by atoms with Crippen LogP contribution in [0.5, 0.6) is 0 Å². The topological polar surface area (TPSA) is 23.8 Å². The van der Waals surface area contributed by atoms with E-state index < -0.39 is 0 Å². The molecule has 1 aromatic rings. The number of nitriles is 1. The Bertz CT molecular complexity index is 438. The van der Waals surface area contributed by atoms with Crippen LogP contribution >= 0.6 is 0 Å². The molecule has 1 aromatic carbocycles. The molecule has 0 aliphatic rings. The van der Waals surface area contributed by atoms with Crippen molar-refractivity contribution in [3.05, 3.63) is 47.6 Å². The highest BCUT2D eigenvalue weighted by atomic mass is 14.2. The van der Waals surface area contributed by atoms with Crippen molar-refractivity contribution < 1.29 is 0 Å². The summed E-state index contributed by atoms with van der Waals surface area (Å²) in [6.45, 7) is 7.81. The largest absolute Gasteiger partial charge is 0.192 e. The van der Waals surface area contributed by atoms with Crippen LogP contribution in [0.3, 0.4) is 0 Å². The second-order valence-electron chi connectivity index (χ2n) is 3.51. The van der Waals surface area contributed by atoms with E-state index in [2.05, 4.69) is 38.5 Å². The summed E-state index contributed by atoms with van der Waals surface area (Å²) in [5.41, 5.74) is 4.17.